The van der Waals surface area contributed by atoms with Crippen molar-refractivity contribution in [1.29, 1.82) is 5.26 Å². The van der Waals surface area contributed by atoms with Crippen molar-refractivity contribution < 1.29 is 9.53 Å². The average Bonchev–Trinajstić information content (AvgIpc) is 2.61. The number of hydrogen-bond donors (Lipinski definition) is 0. The van der Waals surface area contributed by atoms with Gasteiger partial charge in [-0.25, -0.2) is 4.79 Å². The van der Waals surface area contributed by atoms with Crippen LogP contribution in [0.15, 0.2) is 54.1 Å². The van der Waals surface area contributed by atoms with Gasteiger partial charge in [-0.05, 0) is 48.9 Å². The van der Waals surface area contributed by atoms with Crippen LogP contribution in [-0.4, -0.2) is 12.6 Å². The van der Waals surface area contributed by atoms with E-state index in [1.54, 1.807) is 55.5 Å². The first kappa shape index (κ1) is 18.6. The van der Waals surface area contributed by atoms with Gasteiger partial charge in [-0.1, -0.05) is 47.2 Å². The molecule has 0 heterocycles. The second kappa shape index (κ2) is 8.94. The smallest absolute Gasteiger partial charge is 0.350 e. The van der Waals surface area contributed by atoms with Crippen molar-refractivity contribution in [2.45, 2.75) is 6.92 Å². The van der Waals surface area contributed by atoms with Gasteiger partial charge >= 0.3 is 5.97 Å². The molecular formula is C20H13Cl2NO2. The van der Waals surface area contributed by atoms with Crippen LogP contribution >= 0.6 is 23.2 Å². The first-order valence-electron chi connectivity index (χ1n) is 7.40. The van der Waals surface area contributed by atoms with Gasteiger partial charge in [0.15, 0.2) is 5.57 Å². The second-order valence-electron chi connectivity index (χ2n) is 4.85. The molecule has 0 aliphatic rings. The molecule has 2 rings (SSSR count). The molecule has 0 atom stereocenters. The molecule has 3 nitrogen and oxygen atoms in total. The van der Waals surface area contributed by atoms with E-state index in [9.17, 15) is 10.1 Å². The molecular weight excluding hydrogens is 357 g/mol. The van der Waals surface area contributed by atoms with Gasteiger partial charge in [-0.2, -0.15) is 5.26 Å². The highest BCUT2D eigenvalue weighted by molar-refractivity contribution is 6.30. The molecule has 0 fully saturated rings. The first-order chi connectivity index (χ1) is 12.0. The summed E-state index contributed by atoms with van der Waals surface area (Å²) in [6.45, 7) is 1.84. The van der Waals surface area contributed by atoms with E-state index in [2.05, 4.69) is 11.8 Å². The Balaban J connectivity index is 2.56. The van der Waals surface area contributed by atoms with Gasteiger partial charge in [-0.15, -0.1) is 0 Å². The van der Waals surface area contributed by atoms with Crippen LogP contribution in [0, 0.1) is 23.2 Å². The van der Waals surface area contributed by atoms with E-state index in [0.717, 1.165) is 0 Å². The van der Waals surface area contributed by atoms with Crippen LogP contribution in [0.2, 0.25) is 10.0 Å². The van der Waals surface area contributed by atoms with Crippen molar-refractivity contribution in [2.24, 2.45) is 0 Å². The Morgan fingerprint density at radius 1 is 1.04 bits per heavy atom. The fourth-order valence-corrected chi connectivity index (χ4v) is 2.22. The summed E-state index contributed by atoms with van der Waals surface area (Å²) in [6.07, 6.45) is 0. The maximum Gasteiger partial charge on any atom is 0.350 e. The second-order valence-corrected chi connectivity index (χ2v) is 5.72. The molecule has 0 spiro atoms. The SMILES string of the molecule is CCOC(=O)/C(C#N)=C(/C#Cc1ccc(Cl)cc1)c1ccc(Cl)cc1. The van der Waals surface area contributed by atoms with Crippen LogP contribution in [0.3, 0.4) is 0 Å². The summed E-state index contributed by atoms with van der Waals surface area (Å²) < 4.78 is 4.96. The standard InChI is InChI=1S/C20H13Cl2NO2/c1-2-25-20(24)19(13-23)18(15-6-10-17(22)11-7-15)12-5-14-3-8-16(21)9-4-14/h3-4,6-11H,2H2,1H3/b19-18-. The van der Waals surface area contributed by atoms with E-state index < -0.39 is 5.97 Å². The molecule has 0 aliphatic carbocycles. The summed E-state index contributed by atoms with van der Waals surface area (Å²) in [7, 11) is 0. The maximum atomic E-state index is 12.1. The van der Waals surface area contributed by atoms with E-state index >= 15 is 0 Å². The van der Waals surface area contributed by atoms with E-state index in [1.165, 1.54) is 0 Å². The summed E-state index contributed by atoms with van der Waals surface area (Å²) >= 11 is 11.8. The van der Waals surface area contributed by atoms with Crippen molar-refractivity contribution in [1.82, 2.24) is 0 Å². The fraction of sp³-hybridized carbons (Fsp3) is 0.100. The molecule has 124 valence electrons. The minimum Gasteiger partial charge on any atom is -0.462 e. The molecule has 2 aromatic rings. The summed E-state index contributed by atoms with van der Waals surface area (Å²) in [4.78, 5) is 12.1. The van der Waals surface area contributed by atoms with Crippen LogP contribution in [0.25, 0.3) is 5.57 Å². The summed E-state index contributed by atoms with van der Waals surface area (Å²) in [5.74, 6) is 5.13. The van der Waals surface area contributed by atoms with Gasteiger partial charge in [-0.3, -0.25) is 0 Å². The topological polar surface area (TPSA) is 50.1 Å². The normalized spacial score (nSPS) is 10.8. The number of benzene rings is 2. The Morgan fingerprint density at radius 2 is 1.60 bits per heavy atom. The Bertz CT molecular complexity index is 896. The minimum atomic E-state index is -0.708. The number of nitrogens with zero attached hydrogens (tertiary/aromatic N) is 1. The lowest BCUT2D eigenvalue weighted by molar-refractivity contribution is -0.137. The predicted molar refractivity (Wildman–Crippen MR) is 98.9 cm³/mol. The third kappa shape index (κ3) is 5.13. The first-order valence-corrected chi connectivity index (χ1v) is 8.15. The number of hydrogen-bond acceptors (Lipinski definition) is 3. The van der Waals surface area contributed by atoms with Crippen molar-refractivity contribution in [3.8, 4) is 17.9 Å². The van der Waals surface area contributed by atoms with Gasteiger partial charge in [0.1, 0.15) is 6.07 Å². The van der Waals surface area contributed by atoms with Gasteiger partial charge in [0.2, 0.25) is 0 Å². The molecule has 0 saturated carbocycles. The van der Waals surface area contributed by atoms with Crippen LogP contribution in [0.5, 0.6) is 0 Å². The van der Waals surface area contributed by atoms with Crippen LogP contribution in [-0.2, 0) is 9.53 Å². The number of allylic oxidation sites excluding steroid dienone is 1. The van der Waals surface area contributed by atoms with Crippen LogP contribution in [0.4, 0.5) is 0 Å². The third-order valence-electron chi connectivity index (χ3n) is 3.15. The van der Waals surface area contributed by atoms with Crippen molar-refractivity contribution in [3.63, 3.8) is 0 Å². The largest absolute Gasteiger partial charge is 0.462 e. The lowest BCUT2D eigenvalue weighted by atomic mass is 10.0. The number of rotatable bonds is 3. The maximum absolute atomic E-state index is 12.1. The highest BCUT2D eigenvalue weighted by Gasteiger charge is 2.17. The van der Waals surface area contributed by atoms with Crippen LogP contribution < -0.4 is 0 Å². The molecule has 0 amide bonds. The number of nitriles is 1. The van der Waals surface area contributed by atoms with Gasteiger partial charge in [0.05, 0.1) is 12.2 Å². The summed E-state index contributed by atoms with van der Waals surface area (Å²) in [6, 6.07) is 15.6. The highest BCUT2D eigenvalue weighted by Crippen LogP contribution is 2.21. The minimum absolute atomic E-state index is 0.148. The molecule has 2 aromatic carbocycles. The number of halogens is 2. The zero-order valence-corrected chi connectivity index (χ0v) is 14.9. The predicted octanol–water partition coefficient (Wildman–Crippen LogP) is 4.89. The fourth-order valence-electron chi connectivity index (χ4n) is 1.97. The van der Waals surface area contributed by atoms with E-state index in [0.29, 0.717) is 21.2 Å². The molecule has 0 unspecified atom stereocenters. The lowest BCUT2D eigenvalue weighted by Crippen LogP contribution is -2.08. The van der Waals surface area contributed by atoms with Gasteiger partial charge in [0.25, 0.3) is 0 Å². The van der Waals surface area contributed by atoms with E-state index in [1.807, 2.05) is 6.07 Å². The zero-order valence-electron chi connectivity index (χ0n) is 13.3. The molecule has 5 heteroatoms. The molecule has 0 N–H and O–H groups in total. The summed E-state index contributed by atoms with van der Waals surface area (Å²) in [5, 5.41) is 10.6. The average molecular weight is 370 g/mol. The summed E-state index contributed by atoms with van der Waals surface area (Å²) in [5.41, 5.74) is 1.45. The van der Waals surface area contributed by atoms with Gasteiger partial charge in [0, 0.05) is 15.6 Å². The number of esters is 1. The number of carbonyl (C=O) groups is 1. The molecule has 0 aromatic heterocycles. The number of ether oxygens (including phenoxy) is 1. The Hall–Kier alpha value is -2.72. The Morgan fingerprint density at radius 3 is 2.12 bits per heavy atom. The lowest BCUT2D eigenvalue weighted by Gasteiger charge is -2.05. The highest BCUT2D eigenvalue weighted by atomic mass is 35.5. The van der Waals surface area contributed by atoms with E-state index in [-0.39, 0.29) is 17.8 Å². The third-order valence-corrected chi connectivity index (χ3v) is 3.65. The molecule has 0 aliphatic heterocycles. The quantitative estimate of drug-likeness (QED) is 0.335. The molecule has 25 heavy (non-hydrogen) atoms. The van der Waals surface area contributed by atoms with Crippen LogP contribution in [0.1, 0.15) is 18.1 Å². The number of carbonyl (C=O) groups excluding carboxylic acids is 1. The Kier molecular flexibility index (Phi) is 6.66. The molecule has 0 bridgehead atoms. The zero-order chi connectivity index (χ0) is 18.2. The monoisotopic (exact) mass is 369 g/mol. The van der Waals surface area contributed by atoms with Gasteiger partial charge < -0.3 is 4.74 Å². The molecule has 0 radical (unpaired) electrons. The Labute approximate surface area is 156 Å². The van der Waals surface area contributed by atoms with Crippen molar-refractivity contribution >= 4 is 34.7 Å². The molecule has 0 saturated heterocycles. The van der Waals surface area contributed by atoms with E-state index in [4.69, 9.17) is 27.9 Å². The van der Waals surface area contributed by atoms with Crippen molar-refractivity contribution in [2.75, 3.05) is 6.61 Å². The van der Waals surface area contributed by atoms with Crippen molar-refractivity contribution in [3.05, 3.63) is 75.3 Å².